The van der Waals surface area contributed by atoms with Crippen molar-refractivity contribution < 1.29 is 14.3 Å². The average molecular weight is 328 g/mol. The maximum Gasteiger partial charge on any atom is 0.290 e. The second kappa shape index (κ2) is 5.60. The van der Waals surface area contributed by atoms with Crippen molar-refractivity contribution in [1.82, 2.24) is 9.80 Å². The molecule has 1 aromatic carbocycles. The first-order valence-corrected chi connectivity index (χ1v) is 8.66. The lowest BCUT2D eigenvalue weighted by molar-refractivity contribution is 0.0383. The number of amides is 1. The molecule has 24 heavy (non-hydrogen) atoms. The van der Waals surface area contributed by atoms with Gasteiger partial charge in [0.2, 0.25) is 0 Å². The molecule has 3 heterocycles. The molecule has 1 N–H and O–H groups in total. The maximum atomic E-state index is 13.1. The van der Waals surface area contributed by atoms with Crippen molar-refractivity contribution in [1.29, 1.82) is 0 Å². The zero-order valence-corrected chi connectivity index (χ0v) is 14.3. The summed E-state index contributed by atoms with van der Waals surface area (Å²) >= 11 is 0. The van der Waals surface area contributed by atoms with Gasteiger partial charge in [0.1, 0.15) is 5.58 Å². The Labute approximate surface area is 141 Å². The summed E-state index contributed by atoms with van der Waals surface area (Å²) in [5.74, 6) is 0.290. The van der Waals surface area contributed by atoms with Crippen LogP contribution in [-0.4, -0.2) is 59.1 Å². The van der Waals surface area contributed by atoms with Gasteiger partial charge in [0.15, 0.2) is 5.76 Å². The van der Waals surface area contributed by atoms with Crippen molar-refractivity contribution in [2.45, 2.75) is 37.8 Å². The highest BCUT2D eigenvalue weighted by atomic mass is 16.3. The van der Waals surface area contributed by atoms with E-state index in [0.717, 1.165) is 42.5 Å². The van der Waals surface area contributed by atoms with Crippen molar-refractivity contribution in [2.75, 3.05) is 26.7 Å². The van der Waals surface area contributed by atoms with Crippen molar-refractivity contribution in [2.24, 2.45) is 0 Å². The van der Waals surface area contributed by atoms with Crippen molar-refractivity contribution >= 4 is 16.9 Å². The summed E-state index contributed by atoms with van der Waals surface area (Å²) in [6.45, 7) is 4.29. The van der Waals surface area contributed by atoms with Gasteiger partial charge >= 0.3 is 0 Å². The van der Waals surface area contributed by atoms with Crippen LogP contribution in [0.2, 0.25) is 0 Å². The number of piperidine rings is 1. The molecule has 5 heteroatoms. The topological polar surface area (TPSA) is 56.9 Å². The summed E-state index contributed by atoms with van der Waals surface area (Å²) in [5, 5.41) is 11.2. The Bertz CT molecular complexity index is 774. The number of nitrogens with zero attached hydrogens (tertiary/aromatic N) is 2. The quantitative estimate of drug-likeness (QED) is 0.873. The molecular formula is C19H24N2O3. The molecule has 2 fully saturated rings. The van der Waals surface area contributed by atoms with Crippen molar-refractivity contribution in [3.8, 4) is 0 Å². The highest BCUT2D eigenvalue weighted by molar-refractivity contribution is 5.97. The lowest BCUT2D eigenvalue weighted by Gasteiger charge is -2.43. The summed E-state index contributed by atoms with van der Waals surface area (Å²) in [6.07, 6.45) is 2.05. The van der Waals surface area contributed by atoms with E-state index in [9.17, 15) is 9.90 Å². The van der Waals surface area contributed by atoms with E-state index in [2.05, 4.69) is 11.9 Å². The Balaban J connectivity index is 1.67. The first-order chi connectivity index (χ1) is 11.5. The van der Waals surface area contributed by atoms with Crippen LogP contribution < -0.4 is 0 Å². The van der Waals surface area contributed by atoms with E-state index in [4.69, 9.17) is 4.42 Å². The molecule has 0 saturated carbocycles. The number of hydrogen-bond donors (Lipinski definition) is 1. The third kappa shape index (κ3) is 2.43. The van der Waals surface area contributed by atoms with E-state index in [1.54, 1.807) is 0 Å². The van der Waals surface area contributed by atoms with Crippen LogP contribution in [0, 0.1) is 6.92 Å². The van der Waals surface area contributed by atoms with Gasteiger partial charge in [-0.3, -0.25) is 4.79 Å². The Kier molecular flexibility index (Phi) is 3.66. The number of β-amino-alcohol motifs (C(OH)–C–C–N with tert-alkyl or cyclic N) is 1. The largest absolute Gasteiger partial charge is 0.451 e. The Morgan fingerprint density at radius 3 is 2.79 bits per heavy atom. The minimum absolute atomic E-state index is 0.0910. The van der Waals surface area contributed by atoms with Crippen LogP contribution in [0.25, 0.3) is 11.0 Å². The molecule has 1 amide bonds. The van der Waals surface area contributed by atoms with Gasteiger partial charge < -0.3 is 19.3 Å². The fraction of sp³-hybridized carbons (Fsp3) is 0.526. The zero-order valence-electron chi connectivity index (χ0n) is 14.3. The molecule has 1 atom stereocenters. The predicted octanol–water partition coefficient (Wildman–Crippen LogP) is 2.41. The van der Waals surface area contributed by atoms with E-state index >= 15 is 0 Å². The SMILES string of the molecule is Cc1cccc2cc(C(=O)N3CC(O)CC34CCN(C)CC4)oc12. The molecule has 0 aliphatic carbocycles. The predicted molar refractivity (Wildman–Crippen MR) is 92.1 cm³/mol. The molecule has 4 rings (SSSR count). The number of aryl methyl sites for hydroxylation is 1. The fourth-order valence-electron chi connectivity index (χ4n) is 4.27. The number of hydrogen-bond acceptors (Lipinski definition) is 4. The summed E-state index contributed by atoms with van der Waals surface area (Å²) in [6, 6.07) is 7.75. The molecule has 1 spiro atoms. The van der Waals surface area contributed by atoms with E-state index in [1.165, 1.54) is 0 Å². The second-order valence-electron chi connectivity index (χ2n) is 7.41. The van der Waals surface area contributed by atoms with E-state index < -0.39 is 6.10 Å². The monoisotopic (exact) mass is 328 g/mol. The third-order valence-electron chi connectivity index (χ3n) is 5.70. The zero-order chi connectivity index (χ0) is 16.9. The van der Waals surface area contributed by atoms with E-state index in [1.807, 2.05) is 36.1 Å². The maximum absolute atomic E-state index is 13.1. The first kappa shape index (κ1) is 15.7. The minimum atomic E-state index is -0.441. The molecule has 2 aliphatic heterocycles. The minimum Gasteiger partial charge on any atom is -0.451 e. The van der Waals surface area contributed by atoms with Crippen LogP contribution >= 0.6 is 0 Å². The van der Waals surface area contributed by atoms with Gasteiger partial charge in [-0.2, -0.15) is 0 Å². The summed E-state index contributed by atoms with van der Waals surface area (Å²) in [7, 11) is 2.10. The van der Waals surface area contributed by atoms with E-state index in [0.29, 0.717) is 18.7 Å². The third-order valence-corrected chi connectivity index (χ3v) is 5.70. The fourth-order valence-corrected chi connectivity index (χ4v) is 4.27. The van der Waals surface area contributed by atoms with Crippen LogP contribution in [0.1, 0.15) is 35.4 Å². The number of carbonyl (C=O) groups is 1. The molecule has 1 unspecified atom stereocenters. The summed E-state index contributed by atoms with van der Waals surface area (Å²) in [5.41, 5.74) is 1.58. The van der Waals surface area contributed by atoms with Gasteiger partial charge in [-0.25, -0.2) is 0 Å². The number of benzene rings is 1. The molecule has 1 aromatic heterocycles. The van der Waals surface area contributed by atoms with Gasteiger partial charge in [0, 0.05) is 30.6 Å². The molecule has 0 radical (unpaired) electrons. The number of aliphatic hydroxyl groups is 1. The number of likely N-dealkylation sites (tertiary alicyclic amines) is 2. The van der Waals surface area contributed by atoms with Crippen LogP contribution in [0.3, 0.4) is 0 Å². The average Bonchev–Trinajstić information content (AvgIpc) is 3.12. The Hall–Kier alpha value is -1.85. The smallest absolute Gasteiger partial charge is 0.290 e. The molecule has 2 saturated heterocycles. The molecule has 0 bridgehead atoms. The van der Waals surface area contributed by atoms with Crippen LogP contribution in [0.15, 0.2) is 28.7 Å². The lowest BCUT2D eigenvalue weighted by atomic mass is 9.84. The number of fused-ring (bicyclic) bond motifs is 1. The number of rotatable bonds is 1. The Morgan fingerprint density at radius 1 is 1.33 bits per heavy atom. The van der Waals surface area contributed by atoms with Crippen molar-refractivity contribution in [3.05, 3.63) is 35.6 Å². The Morgan fingerprint density at radius 2 is 2.08 bits per heavy atom. The highest BCUT2D eigenvalue weighted by Crippen LogP contribution is 2.39. The van der Waals surface area contributed by atoms with Gasteiger partial charge in [-0.05, 0) is 44.9 Å². The standard InChI is InChI=1S/C19H24N2O3/c1-13-4-3-5-14-10-16(24-17(13)14)18(23)21-12-15(22)11-19(21)6-8-20(2)9-7-19/h3-5,10,15,22H,6-9,11-12H2,1-2H3. The molecule has 5 nitrogen and oxygen atoms in total. The molecule has 2 aromatic rings. The molecule has 128 valence electrons. The summed E-state index contributed by atoms with van der Waals surface area (Å²) < 4.78 is 5.88. The lowest BCUT2D eigenvalue weighted by Crippen LogP contribution is -2.53. The first-order valence-electron chi connectivity index (χ1n) is 8.66. The summed E-state index contributed by atoms with van der Waals surface area (Å²) in [4.78, 5) is 17.3. The molecular weight excluding hydrogens is 304 g/mol. The van der Waals surface area contributed by atoms with Gasteiger partial charge in [0.05, 0.1) is 6.10 Å². The molecule has 2 aliphatic rings. The van der Waals surface area contributed by atoms with Gasteiger partial charge in [-0.15, -0.1) is 0 Å². The van der Waals surface area contributed by atoms with Gasteiger partial charge in [0.25, 0.3) is 5.91 Å². The number of para-hydroxylation sites is 1. The highest BCUT2D eigenvalue weighted by Gasteiger charge is 2.49. The van der Waals surface area contributed by atoms with Crippen LogP contribution in [0.5, 0.6) is 0 Å². The van der Waals surface area contributed by atoms with Gasteiger partial charge in [-0.1, -0.05) is 18.2 Å². The normalized spacial score (nSPS) is 24.1. The van der Waals surface area contributed by atoms with E-state index in [-0.39, 0.29) is 11.4 Å². The second-order valence-corrected chi connectivity index (χ2v) is 7.41. The number of furan rings is 1. The van der Waals surface area contributed by atoms with Crippen LogP contribution in [0.4, 0.5) is 0 Å². The van der Waals surface area contributed by atoms with Crippen molar-refractivity contribution in [3.63, 3.8) is 0 Å². The van der Waals surface area contributed by atoms with Crippen LogP contribution in [-0.2, 0) is 0 Å². The number of carbonyl (C=O) groups excluding carboxylic acids is 1. The number of aliphatic hydroxyl groups excluding tert-OH is 1.